The molecule has 86 valence electrons. The molecule has 5 nitrogen and oxygen atoms in total. The van der Waals surface area contributed by atoms with Gasteiger partial charge in [-0.1, -0.05) is 23.9 Å². The lowest BCUT2D eigenvalue weighted by atomic mass is 10.3. The second kappa shape index (κ2) is 4.84. The molecule has 0 unspecified atom stereocenters. The normalized spacial score (nSPS) is 10.1. The summed E-state index contributed by atoms with van der Waals surface area (Å²) in [4.78, 5) is 11.5. The molecule has 1 aromatic carbocycles. The highest BCUT2D eigenvalue weighted by Gasteiger charge is 2.06. The minimum Gasteiger partial charge on any atom is -0.507 e. The number of phenols is 1. The Morgan fingerprint density at radius 3 is 2.53 bits per heavy atom. The van der Waals surface area contributed by atoms with E-state index < -0.39 is 5.91 Å². The second-order valence-corrected chi connectivity index (χ2v) is 4.25. The number of rotatable bonds is 3. The van der Waals surface area contributed by atoms with Crippen molar-refractivity contribution in [2.45, 2.75) is 9.92 Å². The Labute approximate surface area is 102 Å². The second-order valence-electron chi connectivity index (χ2n) is 3.19. The van der Waals surface area contributed by atoms with Gasteiger partial charge in [0.15, 0.2) is 5.69 Å². The molecule has 17 heavy (non-hydrogen) atoms. The van der Waals surface area contributed by atoms with E-state index >= 15 is 0 Å². The first kappa shape index (κ1) is 11.4. The minimum atomic E-state index is -0.614. The molecular formula is C11H9N3O2S. The standard InChI is InChI=1S/C11H9N3O2S/c12-11(16)7-5-6-10(14-13-7)17-9-4-2-1-3-8(9)15/h1-6,15H,(H2,12,16). The topological polar surface area (TPSA) is 89.1 Å². The van der Waals surface area contributed by atoms with Gasteiger partial charge in [0.05, 0.1) is 4.90 Å². The summed E-state index contributed by atoms with van der Waals surface area (Å²) in [5, 5.41) is 17.7. The zero-order valence-electron chi connectivity index (χ0n) is 8.70. The number of phenolic OH excluding ortho intramolecular Hbond substituents is 1. The number of para-hydroxylation sites is 1. The molecule has 0 aliphatic rings. The van der Waals surface area contributed by atoms with Crippen LogP contribution in [0.1, 0.15) is 10.5 Å². The van der Waals surface area contributed by atoms with Gasteiger partial charge in [0.2, 0.25) is 0 Å². The molecule has 1 amide bonds. The number of aromatic hydroxyl groups is 1. The van der Waals surface area contributed by atoms with Gasteiger partial charge in [0, 0.05) is 0 Å². The van der Waals surface area contributed by atoms with Crippen molar-refractivity contribution < 1.29 is 9.90 Å². The van der Waals surface area contributed by atoms with E-state index in [9.17, 15) is 9.90 Å². The van der Waals surface area contributed by atoms with Crippen molar-refractivity contribution >= 4 is 17.7 Å². The number of hydrogen-bond donors (Lipinski definition) is 2. The summed E-state index contributed by atoms with van der Waals surface area (Å²) in [7, 11) is 0. The van der Waals surface area contributed by atoms with Gasteiger partial charge in [-0.15, -0.1) is 10.2 Å². The van der Waals surface area contributed by atoms with E-state index in [2.05, 4.69) is 10.2 Å². The molecule has 0 fully saturated rings. The van der Waals surface area contributed by atoms with Crippen LogP contribution in [-0.4, -0.2) is 21.2 Å². The van der Waals surface area contributed by atoms with E-state index in [0.29, 0.717) is 9.92 Å². The number of carbonyl (C=O) groups excluding carboxylic acids is 1. The average Bonchev–Trinajstić information content (AvgIpc) is 2.33. The van der Waals surface area contributed by atoms with Crippen LogP contribution in [0.2, 0.25) is 0 Å². The van der Waals surface area contributed by atoms with Gasteiger partial charge < -0.3 is 10.8 Å². The zero-order chi connectivity index (χ0) is 12.3. The predicted molar refractivity (Wildman–Crippen MR) is 62.8 cm³/mol. The van der Waals surface area contributed by atoms with Crippen LogP contribution in [0.15, 0.2) is 46.3 Å². The lowest BCUT2D eigenvalue weighted by molar-refractivity contribution is 0.0994. The maximum absolute atomic E-state index is 10.8. The summed E-state index contributed by atoms with van der Waals surface area (Å²) in [6.07, 6.45) is 0. The summed E-state index contributed by atoms with van der Waals surface area (Å²) in [5.41, 5.74) is 5.17. The maximum atomic E-state index is 10.8. The van der Waals surface area contributed by atoms with Crippen LogP contribution < -0.4 is 5.73 Å². The van der Waals surface area contributed by atoms with Crippen LogP contribution in [0, 0.1) is 0 Å². The Hall–Kier alpha value is -2.08. The van der Waals surface area contributed by atoms with Gasteiger partial charge in [-0.25, -0.2) is 0 Å². The number of primary amides is 1. The summed E-state index contributed by atoms with van der Waals surface area (Å²) < 4.78 is 0. The van der Waals surface area contributed by atoms with Crippen molar-refractivity contribution in [3.8, 4) is 5.75 Å². The highest BCUT2D eigenvalue weighted by atomic mass is 32.2. The van der Waals surface area contributed by atoms with Gasteiger partial charge in [-0.05, 0) is 24.3 Å². The molecule has 0 saturated carbocycles. The molecule has 0 bridgehead atoms. The Balaban J connectivity index is 2.20. The first-order chi connectivity index (χ1) is 8.16. The number of hydrogen-bond acceptors (Lipinski definition) is 5. The largest absolute Gasteiger partial charge is 0.507 e. The molecule has 0 spiro atoms. The minimum absolute atomic E-state index is 0.117. The molecule has 3 N–H and O–H groups in total. The molecule has 1 heterocycles. The first-order valence-electron chi connectivity index (χ1n) is 4.76. The number of aromatic nitrogens is 2. The Bertz CT molecular complexity index is 543. The molecule has 0 radical (unpaired) electrons. The van der Waals surface area contributed by atoms with Gasteiger partial charge >= 0.3 is 0 Å². The fourth-order valence-corrected chi connectivity index (χ4v) is 1.92. The van der Waals surface area contributed by atoms with Gasteiger partial charge in [0.25, 0.3) is 5.91 Å². The molecule has 6 heteroatoms. The van der Waals surface area contributed by atoms with Crippen LogP contribution in [0.25, 0.3) is 0 Å². The number of nitrogens with zero attached hydrogens (tertiary/aromatic N) is 2. The van der Waals surface area contributed by atoms with Crippen molar-refractivity contribution in [2.75, 3.05) is 0 Å². The zero-order valence-corrected chi connectivity index (χ0v) is 9.52. The molecule has 1 aromatic heterocycles. The summed E-state index contributed by atoms with van der Waals surface area (Å²) in [6.45, 7) is 0. The van der Waals surface area contributed by atoms with Crippen LogP contribution in [0.3, 0.4) is 0 Å². The van der Waals surface area contributed by atoms with E-state index in [1.54, 1.807) is 24.3 Å². The van der Waals surface area contributed by atoms with Crippen molar-refractivity contribution in [3.63, 3.8) is 0 Å². The van der Waals surface area contributed by atoms with E-state index in [0.717, 1.165) is 0 Å². The van der Waals surface area contributed by atoms with Crippen molar-refractivity contribution in [1.29, 1.82) is 0 Å². The molecule has 0 aliphatic heterocycles. The van der Waals surface area contributed by atoms with E-state index in [1.807, 2.05) is 6.07 Å². The fourth-order valence-electron chi connectivity index (χ4n) is 1.16. The molecule has 2 aromatic rings. The fraction of sp³-hybridized carbons (Fsp3) is 0. The van der Waals surface area contributed by atoms with E-state index in [4.69, 9.17) is 5.73 Å². The highest BCUT2D eigenvalue weighted by Crippen LogP contribution is 2.32. The SMILES string of the molecule is NC(=O)c1ccc(Sc2ccccc2O)nn1. The summed E-state index contributed by atoms with van der Waals surface area (Å²) in [5.74, 6) is -0.435. The van der Waals surface area contributed by atoms with Crippen molar-refractivity contribution in [1.82, 2.24) is 10.2 Å². The van der Waals surface area contributed by atoms with Crippen LogP contribution in [-0.2, 0) is 0 Å². The smallest absolute Gasteiger partial charge is 0.269 e. The first-order valence-corrected chi connectivity index (χ1v) is 5.58. The highest BCUT2D eigenvalue weighted by molar-refractivity contribution is 7.99. The monoisotopic (exact) mass is 247 g/mol. The third-order valence-corrected chi connectivity index (χ3v) is 2.96. The Morgan fingerprint density at radius 1 is 1.18 bits per heavy atom. The van der Waals surface area contributed by atoms with Gasteiger partial charge in [0.1, 0.15) is 10.8 Å². The molecule has 0 saturated heterocycles. The average molecular weight is 247 g/mol. The maximum Gasteiger partial charge on any atom is 0.269 e. The van der Waals surface area contributed by atoms with Crippen molar-refractivity contribution in [2.24, 2.45) is 5.73 Å². The molecule has 0 atom stereocenters. The van der Waals surface area contributed by atoms with Gasteiger partial charge in [-0.2, -0.15) is 0 Å². The van der Waals surface area contributed by atoms with Crippen molar-refractivity contribution in [3.05, 3.63) is 42.1 Å². The molecule has 0 aliphatic carbocycles. The molecule has 2 rings (SSSR count). The number of benzene rings is 1. The van der Waals surface area contributed by atoms with Crippen LogP contribution in [0.4, 0.5) is 0 Å². The van der Waals surface area contributed by atoms with Crippen LogP contribution >= 0.6 is 11.8 Å². The third kappa shape index (κ3) is 2.73. The van der Waals surface area contributed by atoms with Crippen LogP contribution in [0.5, 0.6) is 5.75 Å². The molecular weight excluding hydrogens is 238 g/mol. The Kier molecular flexibility index (Phi) is 3.24. The third-order valence-electron chi connectivity index (χ3n) is 1.97. The number of carbonyl (C=O) groups is 1. The number of nitrogens with two attached hydrogens (primary N) is 1. The lowest BCUT2D eigenvalue weighted by Gasteiger charge is -2.02. The predicted octanol–water partition coefficient (Wildman–Crippen LogP) is 1.43. The van der Waals surface area contributed by atoms with E-state index in [-0.39, 0.29) is 11.4 Å². The quantitative estimate of drug-likeness (QED) is 0.856. The lowest BCUT2D eigenvalue weighted by Crippen LogP contribution is -2.13. The summed E-state index contributed by atoms with van der Waals surface area (Å²) in [6, 6.07) is 10.0. The number of amides is 1. The summed E-state index contributed by atoms with van der Waals surface area (Å²) >= 11 is 1.26. The van der Waals surface area contributed by atoms with E-state index in [1.165, 1.54) is 17.8 Å². The van der Waals surface area contributed by atoms with Gasteiger partial charge in [-0.3, -0.25) is 4.79 Å². The Morgan fingerprint density at radius 2 is 1.94 bits per heavy atom.